The summed E-state index contributed by atoms with van der Waals surface area (Å²) in [6.07, 6.45) is -3.53. The van der Waals surface area contributed by atoms with Crippen molar-refractivity contribution in [3.63, 3.8) is 0 Å². The standard InChI is InChI=1S/C18H18F3N2.C5H8F2O5S/c1-2-22-15-10-6-7-11-16(15)23(13-18(19,20)21)17(22)12-14-8-4-3-5-9-14;1-2-3-12-4(8)5(6,7)13(9,10)11/h3-11H,2,12-13H2,1H3;2-3H2,1H3,(H,9,10,11)/q+1;/p-1. The molecule has 0 aliphatic rings. The van der Waals surface area contributed by atoms with Crippen LogP contribution in [-0.2, 0) is 39.2 Å². The number of ether oxygens (including phenoxy) is 1. The lowest BCUT2D eigenvalue weighted by Gasteiger charge is -2.17. The zero-order valence-corrected chi connectivity index (χ0v) is 20.3. The molecule has 1 aromatic heterocycles. The van der Waals surface area contributed by atoms with E-state index in [2.05, 4.69) is 4.74 Å². The Hall–Kier alpha value is -3.06. The van der Waals surface area contributed by atoms with Gasteiger partial charge in [0.25, 0.3) is 5.82 Å². The minimum absolute atomic E-state index is 0.251. The Balaban J connectivity index is 0.000000302. The summed E-state index contributed by atoms with van der Waals surface area (Å²) in [4.78, 5) is 10.3. The SMILES string of the molecule is CCCOC(=O)C(F)(F)S(=O)(=O)[O-].CCn1c(Cc2ccccc2)[n+](CC(F)(F)F)c2ccccc21. The van der Waals surface area contributed by atoms with Gasteiger partial charge in [-0.1, -0.05) is 49.4 Å². The van der Waals surface area contributed by atoms with Gasteiger partial charge in [0.15, 0.2) is 27.7 Å². The van der Waals surface area contributed by atoms with Crippen molar-refractivity contribution < 1.29 is 49.0 Å². The fourth-order valence-electron chi connectivity index (χ4n) is 3.40. The third-order valence-corrected chi connectivity index (χ3v) is 5.73. The molecule has 0 N–H and O–H groups in total. The zero-order chi connectivity index (χ0) is 27.1. The molecule has 0 saturated carbocycles. The van der Waals surface area contributed by atoms with Crippen LogP contribution in [0.3, 0.4) is 0 Å². The second-order valence-electron chi connectivity index (χ2n) is 7.62. The van der Waals surface area contributed by atoms with E-state index in [0.29, 0.717) is 24.3 Å². The van der Waals surface area contributed by atoms with Crippen LogP contribution >= 0.6 is 0 Å². The van der Waals surface area contributed by atoms with E-state index >= 15 is 0 Å². The molecule has 0 radical (unpaired) electrons. The van der Waals surface area contributed by atoms with Crippen LogP contribution in [0.1, 0.15) is 31.7 Å². The van der Waals surface area contributed by atoms with Crippen molar-refractivity contribution in [1.82, 2.24) is 4.57 Å². The Labute approximate surface area is 204 Å². The highest BCUT2D eigenvalue weighted by Gasteiger charge is 2.48. The van der Waals surface area contributed by atoms with Crippen molar-refractivity contribution in [3.8, 4) is 0 Å². The number of esters is 1. The van der Waals surface area contributed by atoms with Crippen LogP contribution < -0.4 is 4.57 Å². The second-order valence-corrected chi connectivity index (χ2v) is 9.04. The van der Waals surface area contributed by atoms with Crippen LogP contribution in [-0.4, -0.2) is 41.5 Å². The molecule has 0 atom stereocenters. The number of rotatable bonds is 8. The highest BCUT2D eigenvalue weighted by atomic mass is 32.2. The first-order valence-electron chi connectivity index (χ1n) is 10.8. The van der Waals surface area contributed by atoms with Crippen molar-refractivity contribution >= 4 is 27.1 Å². The third-order valence-electron chi connectivity index (χ3n) is 4.93. The van der Waals surface area contributed by atoms with Gasteiger partial charge in [-0.05, 0) is 31.0 Å². The largest absolute Gasteiger partial charge is 0.743 e. The average molecular weight is 537 g/mol. The van der Waals surface area contributed by atoms with Crippen molar-refractivity contribution in [2.45, 2.75) is 51.2 Å². The number of hydrogen-bond acceptors (Lipinski definition) is 5. The first-order chi connectivity index (χ1) is 16.7. The van der Waals surface area contributed by atoms with E-state index in [9.17, 15) is 39.7 Å². The van der Waals surface area contributed by atoms with Crippen LogP contribution in [0, 0.1) is 0 Å². The Bertz CT molecular complexity index is 1280. The number of carbonyl (C=O) groups is 1. The molecule has 0 unspecified atom stereocenters. The summed E-state index contributed by atoms with van der Waals surface area (Å²) in [5.74, 6) is -1.65. The number of alkyl halides is 5. The van der Waals surface area contributed by atoms with Gasteiger partial charge in [0.2, 0.25) is 0 Å². The zero-order valence-electron chi connectivity index (χ0n) is 19.5. The second kappa shape index (κ2) is 11.8. The summed E-state index contributed by atoms with van der Waals surface area (Å²) in [5, 5.41) is -5.00. The minimum atomic E-state index is -5.99. The monoisotopic (exact) mass is 536 g/mol. The van der Waals surface area contributed by atoms with E-state index in [-0.39, 0.29) is 13.0 Å². The van der Waals surface area contributed by atoms with Crippen molar-refractivity contribution in [3.05, 3.63) is 66.0 Å². The number of aryl methyl sites for hydroxylation is 1. The van der Waals surface area contributed by atoms with Gasteiger partial charge in [-0.15, -0.1) is 0 Å². The van der Waals surface area contributed by atoms with Gasteiger partial charge >= 0.3 is 17.4 Å². The van der Waals surface area contributed by atoms with Crippen molar-refractivity contribution in [1.29, 1.82) is 0 Å². The fraction of sp³-hybridized carbons (Fsp3) is 0.391. The van der Waals surface area contributed by atoms with Gasteiger partial charge in [0, 0.05) is 0 Å². The Morgan fingerprint density at radius 2 is 1.58 bits per heavy atom. The molecule has 0 aliphatic heterocycles. The predicted octanol–water partition coefficient (Wildman–Crippen LogP) is 4.18. The number of carbonyl (C=O) groups excluding carboxylic acids is 1. The summed E-state index contributed by atoms with van der Waals surface area (Å²) >= 11 is 0. The summed E-state index contributed by atoms with van der Waals surface area (Å²) in [6, 6.07) is 16.9. The van der Waals surface area contributed by atoms with E-state index < -0.39 is 34.1 Å². The van der Waals surface area contributed by atoms with Gasteiger partial charge in [-0.2, -0.15) is 22.0 Å². The van der Waals surface area contributed by atoms with Crippen LogP contribution in [0.4, 0.5) is 22.0 Å². The lowest BCUT2D eigenvalue weighted by molar-refractivity contribution is -0.703. The summed E-state index contributed by atoms with van der Waals surface area (Å²) < 4.78 is 100. The molecule has 0 fully saturated rings. The molecule has 198 valence electrons. The van der Waals surface area contributed by atoms with E-state index in [0.717, 1.165) is 11.1 Å². The molecule has 3 rings (SSSR count). The first kappa shape index (κ1) is 29.2. The number of imidazole rings is 1. The predicted molar refractivity (Wildman–Crippen MR) is 119 cm³/mol. The lowest BCUT2D eigenvalue weighted by atomic mass is 10.1. The fourth-order valence-corrected chi connectivity index (χ4v) is 3.67. The van der Waals surface area contributed by atoms with Gasteiger partial charge in [0.1, 0.15) is 0 Å². The topological polar surface area (TPSA) is 92.3 Å². The van der Waals surface area contributed by atoms with E-state index in [1.165, 1.54) is 11.5 Å². The third kappa shape index (κ3) is 7.23. The molecular weight excluding hydrogens is 511 g/mol. The van der Waals surface area contributed by atoms with Gasteiger partial charge in [-0.25, -0.2) is 22.3 Å². The van der Waals surface area contributed by atoms with E-state index in [4.69, 9.17) is 0 Å². The summed E-state index contributed by atoms with van der Waals surface area (Å²) in [7, 11) is -5.99. The maximum absolute atomic E-state index is 13.1. The summed E-state index contributed by atoms with van der Waals surface area (Å²) in [5.41, 5.74) is 2.46. The van der Waals surface area contributed by atoms with E-state index in [1.54, 1.807) is 12.1 Å². The van der Waals surface area contributed by atoms with Crippen LogP contribution in [0.25, 0.3) is 11.0 Å². The normalized spacial score (nSPS) is 12.2. The molecule has 2 aromatic carbocycles. The maximum atomic E-state index is 13.1. The number of halogens is 5. The molecule has 0 bridgehead atoms. The highest BCUT2D eigenvalue weighted by Crippen LogP contribution is 2.22. The summed E-state index contributed by atoms with van der Waals surface area (Å²) in [6.45, 7) is 2.79. The van der Waals surface area contributed by atoms with Crippen LogP contribution in [0.5, 0.6) is 0 Å². The molecule has 1 heterocycles. The smallest absolute Gasteiger partial charge is 0.428 e. The van der Waals surface area contributed by atoms with Crippen molar-refractivity contribution in [2.75, 3.05) is 6.61 Å². The molecule has 0 spiro atoms. The lowest BCUT2D eigenvalue weighted by Crippen LogP contribution is -2.44. The highest BCUT2D eigenvalue weighted by molar-refractivity contribution is 7.87. The number of benzene rings is 2. The Kier molecular flexibility index (Phi) is 9.55. The maximum Gasteiger partial charge on any atom is 0.428 e. The number of para-hydroxylation sites is 2. The molecule has 0 saturated heterocycles. The molecule has 36 heavy (non-hydrogen) atoms. The number of nitrogens with zero attached hydrogens (tertiary/aromatic N) is 2. The molecule has 0 aliphatic carbocycles. The number of hydrogen-bond donors (Lipinski definition) is 0. The average Bonchev–Trinajstić information content (AvgIpc) is 3.08. The minimum Gasteiger partial charge on any atom is -0.743 e. The van der Waals surface area contributed by atoms with Crippen LogP contribution in [0.15, 0.2) is 54.6 Å². The van der Waals surface area contributed by atoms with Crippen LogP contribution in [0.2, 0.25) is 0 Å². The quantitative estimate of drug-likeness (QED) is 0.186. The molecular formula is C23H25F5N2O5S. The van der Waals surface area contributed by atoms with Gasteiger partial charge in [-0.3, -0.25) is 0 Å². The molecule has 3 aromatic rings. The van der Waals surface area contributed by atoms with Gasteiger partial charge in [0.05, 0.1) is 19.6 Å². The van der Waals surface area contributed by atoms with Crippen molar-refractivity contribution in [2.24, 2.45) is 0 Å². The molecule has 13 heteroatoms. The molecule has 7 nitrogen and oxygen atoms in total. The first-order valence-corrected chi connectivity index (χ1v) is 12.2. The Morgan fingerprint density at radius 3 is 2.11 bits per heavy atom. The Morgan fingerprint density at radius 1 is 1.00 bits per heavy atom. The molecule has 0 amide bonds. The van der Waals surface area contributed by atoms with E-state index in [1.807, 2.05) is 54.0 Å². The number of fused-ring (bicyclic) bond motifs is 1. The number of aromatic nitrogens is 2. The van der Waals surface area contributed by atoms with Gasteiger partial charge < -0.3 is 9.29 Å².